The van der Waals surface area contributed by atoms with E-state index in [2.05, 4.69) is 28.3 Å². The number of allylic oxidation sites excluding steroid dienone is 1. The molecule has 0 aliphatic heterocycles. The predicted octanol–water partition coefficient (Wildman–Crippen LogP) is 8.85. The zero-order chi connectivity index (χ0) is 36.8. The number of carbonyl (C=O) groups excluding carboxylic acids is 1. The van der Waals surface area contributed by atoms with Crippen molar-refractivity contribution in [1.82, 2.24) is 15.2 Å². The van der Waals surface area contributed by atoms with Gasteiger partial charge in [-0.1, -0.05) is 42.5 Å². The number of aromatic nitrogens is 3. The Labute approximate surface area is 277 Å². The highest BCUT2D eigenvalue weighted by Gasteiger charge is 2.61. The molecule has 0 aliphatic carbocycles. The van der Waals surface area contributed by atoms with E-state index < -0.39 is 89.5 Å². The summed E-state index contributed by atoms with van der Waals surface area (Å²) in [5.41, 5.74) is -7.95. The number of benzene rings is 1. The molecule has 2 amide bonds. The van der Waals surface area contributed by atoms with E-state index in [0.717, 1.165) is 0 Å². The molecule has 0 saturated carbocycles. The number of anilines is 1. The number of hydrogen-bond acceptors (Lipinski definition) is 9. The molecular weight excluding hydrogens is 666 g/mol. The number of nitrogens with zero attached hydrogens (tertiary/aromatic N) is 4. The maximum absolute atomic E-state index is 14.9. The molecule has 1 N–H and O–H groups in total. The van der Waals surface area contributed by atoms with Gasteiger partial charge in [-0.3, -0.25) is 0 Å². The topological polar surface area (TPSA) is 137 Å². The van der Waals surface area contributed by atoms with Gasteiger partial charge in [0.25, 0.3) is 11.8 Å². The molecule has 2 heterocycles. The van der Waals surface area contributed by atoms with Gasteiger partial charge in [-0.2, -0.15) is 31.2 Å². The van der Waals surface area contributed by atoms with Gasteiger partial charge in [-0.25, -0.2) is 14.6 Å². The lowest BCUT2D eigenvalue weighted by molar-refractivity contribution is -0.299. The summed E-state index contributed by atoms with van der Waals surface area (Å²) in [6, 6.07) is 8.03. The number of ether oxygens (including phenoxy) is 3. The van der Waals surface area contributed by atoms with Gasteiger partial charge >= 0.3 is 24.5 Å². The van der Waals surface area contributed by atoms with Crippen LogP contribution in [0.25, 0.3) is 11.6 Å². The zero-order valence-electron chi connectivity index (χ0n) is 26.9. The second kappa shape index (κ2) is 15.1. The third kappa shape index (κ3) is 9.37. The van der Waals surface area contributed by atoms with Crippen molar-refractivity contribution in [2.45, 2.75) is 83.2 Å². The maximum atomic E-state index is 14.9. The minimum Gasteiger partial charge on any atom is -0.474 e. The molecule has 0 bridgehead atoms. The van der Waals surface area contributed by atoms with Crippen LogP contribution in [0.1, 0.15) is 64.0 Å². The van der Waals surface area contributed by atoms with E-state index in [1.807, 2.05) is 0 Å². The number of alkyl halides is 6. The van der Waals surface area contributed by atoms with E-state index >= 15 is 0 Å². The minimum atomic E-state index is -5.23. The fraction of sp³-hybridized carbons (Fsp3) is 0.406. The predicted molar refractivity (Wildman–Crippen MR) is 163 cm³/mol. The summed E-state index contributed by atoms with van der Waals surface area (Å²) in [7, 11) is 0. The molecule has 49 heavy (non-hydrogen) atoms. The molecule has 2 atom stereocenters. The fourth-order valence-corrected chi connectivity index (χ4v) is 4.32. The number of pyridine rings is 1. The van der Waals surface area contributed by atoms with E-state index in [4.69, 9.17) is 18.6 Å². The first-order valence-electron chi connectivity index (χ1n) is 14.6. The van der Waals surface area contributed by atoms with Crippen LogP contribution in [0, 0.1) is 0 Å². The summed E-state index contributed by atoms with van der Waals surface area (Å²) in [5.74, 6) is -3.30. The third-order valence-electron chi connectivity index (χ3n) is 6.55. The first-order valence-corrected chi connectivity index (χ1v) is 14.6. The monoisotopic (exact) mass is 700 g/mol. The average Bonchev–Trinajstić information content (AvgIpc) is 3.46. The zero-order valence-corrected chi connectivity index (χ0v) is 26.9. The number of hydrogen-bond donors (Lipinski definition) is 1. The van der Waals surface area contributed by atoms with Crippen LogP contribution in [-0.2, 0) is 27.9 Å². The first-order chi connectivity index (χ1) is 22.7. The Bertz CT molecular complexity index is 1640. The van der Waals surface area contributed by atoms with Crippen molar-refractivity contribution < 1.29 is 59.7 Å². The maximum Gasteiger partial charge on any atom is 0.426 e. The second-order valence-corrected chi connectivity index (χ2v) is 11.6. The Balaban J connectivity index is 2.35. The second-order valence-electron chi connectivity index (χ2n) is 11.6. The molecule has 0 aliphatic rings. The van der Waals surface area contributed by atoms with Gasteiger partial charge < -0.3 is 23.7 Å². The SMILES string of the molecule is C=CCC[C@@](OCc1ccccc1)(c1nnc(-c2nc(OC(C)CC=C)c(C(F)(F)F)cc2N(C(=O)O)C(=O)OC(C)(C)C)o1)C(F)(F)F. The Morgan fingerprint density at radius 1 is 1.04 bits per heavy atom. The summed E-state index contributed by atoms with van der Waals surface area (Å²) in [6.07, 6.45) is -13.7. The molecule has 266 valence electrons. The molecule has 0 radical (unpaired) electrons. The quantitative estimate of drug-likeness (QED) is 0.136. The van der Waals surface area contributed by atoms with E-state index in [-0.39, 0.29) is 23.8 Å². The standard InChI is InChI=1S/C32H34F6N4O7/c1-7-9-16-30(32(36,37)38,46-18-20-14-11-10-12-15-20)26-41-40-25(48-26)23-22(42(27(43)44)28(45)49-29(4,5)6)17-21(31(33,34)35)24(39-23)47-19(3)13-8-2/h7-8,10-12,14-15,17,19H,1-2,9,13,16,18H2,3-6H3,(H,43,44)/t19?,30-/m1/s1. The molecule has 0 fully saturated rings. The van der Waals surface area contributed by atoms with Crippen molar-refractivity contribution >= 4 is 17.9 Å². The Morgan fingerprint density at radius 3 is 2.22 bits per heavy atom. The van der Waals surface area contributed by atoms with Crippen LogP contribution in [0.3, 0.4) is 0 Å². The van der Waals surface area contributed by atoms with Gasteiger partial charge in [-0.05, 0) is 52.2 Å². The largest absolute Gasteiger partial charge is 0.474 e. The Hall–Kier alpha value is -4.93. The smallest absolute Gasteiger partial charge is 0.426 e. The molecule has 1 aromatic carbocycles. The third-order valence-corrected chi connectivity index (χ3v) is 6.55. The number of carboxylic acid groups (broad SMARTS) is 1. The molecule has 0 spiro atoms. The van der Waals surface area contributed by atoms with E-state index in [1.165, 1.54) is 52.0 Å². The highest BCUT2D eigenvalue weighted by Crippen LogP contribution is 2.48. The van der Waals surface area contributed by atoms with Crippen molar-refractivity contribution in [2.24, 2.45) is 0 Å². The summed E-state index contributed by atoms with van der Waals surface area (Å²) in [4.78, 5) is 29.0. The number of imide groups is 1. The molecule has 0 saturated heterocycles. The van der Waals surface area contributed by atoms with Crippen molar-refractivity contribution in [2.75, 3.05) is 4.90 Å². The lowest BCUT2D eigenvalue weighted by Crippen LogP contribution is -2.45. The van der Waals surface area contributed by atoms with Crippen molar-refractivity contribution in [3.05, 3.63) is 78.7 Å². The number of carbonyl (C=O) groups is 2. The van der Waals surface area contributed by atoms with Gasteiger partial charge in [0.1, 0.15) is 17.3 Å². The fourth-order valence-electron chi connectivity index (χ4n) is 4.32. The molecule has 3 rings (SSSR count). The summed E-state index contributed by atoms with van der Waals surface area (Å²) in [6.45, 7) is 11.8. The van der Waals surface area contributed by atoms with Crippen molar-refractivity contribution in [1.29, 1.82) is 0 Å². The molecular formula is C32H34F6N4O7. The van der Waals surface area contributed by atoms with Gasteiger partial charge in [0.15, 0.2) is 5.69 Å². The lowest BCUT2D eigenvalue weighted by Gasteiger charge is -2.32. The van der Waals surface area contributed by atoms with Crippen LogP contribution >= 0.6 is 0 Å². The molecule has 1 unspecified atom stereocenters. The Kier molecular flexibility index (Phi) is 11.9. The summed E-state index contributed by atoms with van der Waals surface area (Å²) in [5, 5.41) is 17.1. The van der Waals surface area contributed by atoms with Crippen LogP contribution in [0.5, 0.6) is 5.88 Å². The first kappa shape index (κ1) is 38.5. The summed E-state index contributed by atoms with van der Waals surface area (Å²) < 4.78 is 109. The molecule has 2 aromatic heterocycles. The van der Waals surface area contributed by atoms with Crippen LogP contribution in [0.2, 0.25) is 0 Å². The van der Waals surface area contributed by atoms with Crippen molar-refractivity contribution in [3.8, 4) is 17.5 Å². The minimum absolute atomic E-state index is 0.0378. The Morgan fingerprint density at radius 2 is 1.69 bits per heavy atom. The highest BCUT2D eigenvalue weighted by atomic mass is 19.4. The average molecular weight is 701 g/mol. The van der Waals surface area contributed by atoms with E-state index in [1.54, 1.807) is 18.2 Å². The lowest BCUT2D eigenvalue weighted by atomic mass is 9.96. The van der Waals surface area contributed by atoms with Gasteiger partial charge in [0.05, 0.1) is 12.3 Å². The number of halogens is 6. The van der Waals surface area contributed by atoms with Crippen LogP contribution in [0.15, 0.2) is 66.1 Å². The molecule has 17 heteroatoms. The normalized spacial score (nSPS) is 14.0. The van der Waals surface area contributed by atoms with Gasteiger partial charge in [-0.15, -0.1) is 23.4 Å². The van der Waals surface area contributed by atoms with Crippen LogP contribution in [-0.4, -0.2) is 50.4 Å². The molecule has 3 aromatic rings. The van der Waals surface area contributed by atoms with E-state index in [9.17, 15) is 41.0 Å². The van der Waals surface area contributed by atoms with E-state index in [0.29, 0.717) is 5.56 Å². The van der Waals surface area contributed by atoms with Crippen molar-refractivity contribution in [3.63, 3.8) is 0 Å². The molecule has 11 nitrogen and oxygen atoms in total. The van der Waals surface area contributed by atoms with Gasteiger partial charge in [0, 0.05) is 6.42 Å². The van der Waals surface area contributed by atoms with Gasteiger partial charge in [0.2, 0.25) is 11.5 Å². The number of rotatable bonds is 13. The van der Waals surface area contributed by atoms with Crippen LogP contribution < -0.4 is 9.64 Å². The number of amides is 2. The van der Waals surface area contributed by atoms with Crippen LogP contribution in [0.4, 0.5) is 41.6 Å². The highest BCUT2D eigenvalue weighted by molar-refractivity contribution is 6.10. The summed E-state index contributed by atoms with van der Waals surface area (Å²) >= 11 is 0.